The van der Waals surface area contributed by atoms with Crippen molar-refractivity contribution >= 4 is 57.1 Å². The van der Waals surface area contributed by atoms with E-state index >= 15 is 0 Å². The summed E-state index contributed by atoms with van der Waals surface area (Å²) in [6, 6.07) is 4.17. The van der Waals surface area contributed by atoms with Crippen molar-refractivity contribution in [2.24, 2.45) is 0 Å². The van der Waals surface area contributed by atoms with Crippen LogP contribution in [0.15, 0.2) is 17.5 Å². The summed E-state index contributed by atoms with van der Waals surface area (Å²) in [7, 11) is 3.56. The molecule has 3 aromatic rings. The summed E-state index contributed by atoms with van der Waals surface area (Å²) in [5.74, 6) is 2.93. The van der Waals surface area contributed by atoms with Gasteiger partial charge in [0.2, 0.25) is 5.95 Å². The third-order valence-electron chi connectivity index (χ3n) is 4.58. The van der Waals surface area contributed by atoms with Crippen molar-refractivity contribution in [3.63, 3.8) is 0 Å². The van der Waals surface area contributed by atoms with Crippen molar-refractivity contribution in [1.82, 2.24) is 29.4 Å². The molecule has 154 valence electrons. The fourth-order valence-corrected chi connectivity index (χ4v) is 5.00. The van der Waals surface area contributed by atoms with Crippen LogP contribution in [0.5, 0.6) is 0 Å². The number of nitrogens with zero attached hydrogens (tertiary/aromatic N) is 5. The van der Waals surface area contributed by atoms with Crippen LogP contribution >= 0.6 is 23.3 Å². The zero-order chi connectivity index (χ0) is 20.4. The highest BCUT2D eigenvalue weighted by molar-refractivity contribution is 7.97. The van der Waals surface area contributed by atoms with Crippen molar-refractivity contribution in [1.29, 1.82) is 0 Å². The summed E-state index contributed by atoms with van der Waals surface area (Å²) in [6.07, 6.45) is 1.78. The molecule has 29 heavy (non-hydrogen) atoms. The number of amides is 2. The van der Waals surface area contributed by atoms with Gasteiger partial charge in [0.25, 0.3) is 0 Å². The molecule has 1 atom stereocenters. The van der Waals surface area contributed by atoms with Crippen molar-refractivity contribution in [2.45, 2.75) is 25.8 Å². The van der Waals surface area contributed by atoms with Crippen LogP contribution in [-0.2, 0) is 0 Å². The Bertz CT molecular complexity index is 1000. The van der Waals surface area contributed by atoms with Crippen LogP contribution in [0, 0.1) is 6.92 Å². The summed E-state index contributed by atoms with van der Waals surface area (Å²) in [6.45, 7) is 2.65. The number of nitrogens with one attached hydrogen (secondary N) is 3. The minimum absolute atomic E-state index is 0.0346. The van der Waals surface area contributed by atoms with Crippen molar-refractivity contribution in [3.8, 4) is 0 Å². The van der Waals surface area contributed by atoms with Crippen LogP contribution in [0.1, 0.15) is 18.5 Å². The summed E-state index contributed by atoms with van der Waals surface area (Å²) in [4.78, 5) is 23.2. The zero-order valence-corrected chi connectivity index (χ0v) is 18.2. The first kappa shape index (κ1) is 19.8. The first-order valence-electron chi connectivity index (χ1n) is 9.42. The number of H-pyrrole nitrogens is 1. The lowest BCUT2D eigenvalue weighted by Gasteiger charge is -2.23. The Labute approximate surface area is 177 Å². The monoisotopic (exact) mass is 432 g/mol. The Morgan fingerprint density at radius 3 is 2.97 bits per heavy atom. The van der Waals surface area contributed by atoms with Crippen molar-refractivity contribution < 1.29 is 4.79 Å². The number of fused-ring (bicyclic) bond motifs is 1. The second kappa shape index (κ2) is 8.46. The number of hydrogen-bond acceptors (Lipinski definition) is 8. The number of thiophene rings is 1. The lowest BCUT2D eigenvalue weighted by molar-refractivity contribution is 0.200. The lowest BCUT2D eigenvalue weighted by atomic mass is 10.1. The molecule has 0 bridgehead atoms. The molecule has 4 heterocycles. The van der Waals surface area contributed by atoms with E-state index in [-0.39, 0.29) is 12.1 Å². The number of urea groups is 1. The summed E-state index contributed by atoms with van der Waals surface area (Å²) < 4.78 is 2.83. The smallest absolute Gasteiger partial charge is 0.329 e. The van der Waals surface area contributed by atoms with Gasteiger partial charge in [-0.25, -0.2) is 9.78 Å². The number of aromatic nitrogens is 4. The van der Waals surface area contributed by atoms with Gasteiger partial charge >= 0.3 is 6.03 Å². The molecule has 0 spiro atoms. The summed E-state index contributed by atoms with van der Waals surface area (Å²) in [5, 5.41) is 16.0. The second-order valence-corrected chi connectivity index (χ2v) is 9.15. The molecule has 9 nitrogen and oxygen atoms in total. The van der Waals surface area contributed by atoms with E-state index in [1.165, 1.54) is 0 Å². The van der Waals surface area contributed by atoms with E-state index < -0.39 is 0 Å². The van der Waals surface area contributed by atoms with E-state index in [4.69, 9.17) is 4.98 Å². The lowest BCUT2D eigenvalue weighted by Crippen LogP contribution is -2.35. The largest absolute Gasteiger partial charge is 0.351 e. The third kappa shape index (κ3) is 4.56. The average Bonchev–Trinajstić information content (AvgIpc) is 3.25. The van der Waals surface area contributed by atoms with Gasteiger partial charge in [0.05, 0.1) is 10.2 Å². The number of carbonyl (C=O) groups is 1. The van der Waals surface area contributed by atoms with Gasteiger partial charge < -0.3 is 15.5 Å². The highest BCUT2D eigenvalue weighted by Gasteiger charge is 2.23. The number of carbonyl (C=O) groups excluding carboxylic acids is 1. The van der Waals surface area contributed by atoms with Gasteiger partial charge in [0, 0.05) is 44.2 Å². The zero-order valence-electron chi connectivity index (χ0n) is 16.6. The van der Waals surface area contributed by atoms with E-state index in [1.54, 1.807) is 42.3 Å². The molecule has 0 saturated carbocycles. The van der Waals surface area contributed by atoms with Gasteiger partial charge in [-0.3, -0.25) is 9.40 Å². The van der Waals surface area contributed by atoms with Crippen LogP contribution in [0.4, 0.5) is 22.4 Å². The molecule has 1 fully saturated rings. The van der Waals surface area contributed by atoms with Crippen LogP contribution < -0.4 is 10.6 Å². The Morgan fingerprint density at radius 1 is 1.34 bits per heavy atom. The first-order chi connectivity index (χ1) is 14.0. The molecular formula is C18H24N8OS2. The molecular weight excluding hydrogens is 408 g/mol. The van der Waals surface area contributed by atoms with Gasteiger partial charge in [-0.15, -0.1) is 11.3 Å². The van der Waals surface area contributed by atoms with Gasteiger partial charge in [-0.2, -0.15) is 10.1 Å². The SMILES string of the molecule is Cc1cc(Nc2nc(NC3CCSN(C(=O)N(C)C)CC3)nc3ccsc23)n[nH]1. The average molecular weight is 433 g/mol. The highest BCUT2D eigenvalue weighted by Crippen LogP contribution is 2.30. The molecule has 11 heteroatoms. The van der Waals surface area contributed by atoms with E-state index in [0.717, 1.165) is 46.1 Å². The molecule has 1 aliphatic rings. The molecule has 2 amide bonds. The van der Waals surface area contributed by atoms with E-state index in [0.29, 0.717) is 12.5 Å². The molecule has 1 aliphatic heterocycles. The highest BCUT2D eigenvalue weighted by atomic mass is 32.2. The van der Waals surface area contributed by atoms with E-state index in [1.807, 2.05) is 28.7 Å². The molecule has 0 radical (unpaired) electrons. The minimum Gasteiger partial charge on any atom is -0.351 e. The standard InChI is InChI=1S/C18H24N8OS2/c1-11-10-14(24-23-11)21-16-15-13(6-8-28-15)20-17(22-16)19-12-4-7-26(29-9-5-12)18(27)25(2)3/h6,8,10,12H,4-5,7,9H2,1-3H3,(H3,19,20,21,22,23,24). The van der Waals surface area contributed by atoms with Crippen molar-refractivity contribution in [3.05, 3.63) is 23.2 Å². The van der Waals surface area contributed by atoms with Gasteiger partial charge in [0.15, 0.2) is 11.6 Å². The topological polar surface area (TPSA) is 102 Å². The maximum absolute atomic E-state index is 12.2. The van der Waals surface area contributed by atoms with Crippen LogP contribution in [0.25, 0.3) is 10.2 Å². The maximum Gasteiger partial charge on any atom is 0.329 e. The van der Waals surface area contributed by atoms with Crippen LogP contribution in [0.3, 0.4) is 0 Å². The predicted molar refractivity (Wildman–Crippen MR) is 119 cm³/mol. The summed E-state index contributed by atoms with van der Waals surface area (Å²) in [5.41, 5.74) is 1.88. The van der Waals surface area contributed by atoms with E-state index in [2.05, 4.69) is 25.8 Å². The molecule has 3 aromatic heterocycles. The predicted octanol–water partition coefficient (Wildman–Crippen LogP) is 3.67. The normalized spacial score (nSPS) is 17.2. The first-order valence-corrected chi connectivity index (χ1v) is 11.2. The third-order valence-corrected chi connectivity index (χ3v) is 6.56. The fourth-order valence-electron chi connectivity index (χ4n) is 3.10. The van der Waals surface area contributed by atoms with Crippen LogP contribution in [0.2, 0.25) is 0 Å². The Hall–Kier alpha value is -2.53. The molecule has 4 rings (SSSR count). The van der Waals surface area contributed by atoms with Gasteiger partial charge in [-0.1, -0.05) is 0 Å². The number of anilines is 3. The Morgan fingerprint density at radius 2 is 2.21 bits per heavy atom. The maximum atomic E-state index is 12.2. The quantitative estimate of drug-likeness (QED) is 0.541. The van der Waals surface area contributed by atoms with E-state index in [9.17, 15) is 4.79 Å². The number of aromatic amines is 1. The molecule has 0 aliphatic carbocycles. The summed E-state index contributed by atoms with van der Waals surface area (Å²) >= 11 is 3.18. The number of aryl methyl sites for hydroxylation is 1. The number of rotatable bonds is 4. The molecule has 3 N–H and O–H groups in total. The second-order valence-electron chi connectivity index (χ2n) is 7.12. The fraction of sp³-hybridized carbons (Fsp3) is 0.444. The van der Waals surface area contributed by atoms with Gasteiger partial charge in [-0.05, 0) is 43.2 Å². The molecule has 1 saturated heterocycles. The number of hydrogen-bond donors (Lipinski definition) is 3. The minimum atomic E-state index is 0.0346. The Kier molecular flexibility index (Phi) is 5.76. The molecule has 0 aromatic carbocycles. The molecule has 1 unspecified atom stereocenters. The Balaban J connectivity index is 1.50. The van der Waals surface area contributed by atoms with Gasteiger partial charge in [0.1, 0.15) is 0 Å². The van der Waals surface area contributed by atoms with Crippen molar-refractivity contribution in [2.75, 3.05) is 37.0 Å². The van der Waals surface area contributed by atoms with Crippen LogP contribution in [-0.4, -0.2) is 67.8 Å².